The summed E-state index contributed by atoms with van der Waals surface area (Å²) in [6, 6.07) is 0.706. The minimum absolute atomic E-state index is 0.126. The van der Waals surface area contributed by atoms with E-state index in [0.717, 1.165) is 12.5 Å². The van der Waals surface area contributed by atoms with Crippen molar-refractivity contribution < 1.29 is 9.84 Å². The molecule has 0 spiro atoms. The highest BCUT2D eigenvalue weighted by Gasteiger charge is 2.22. The fourth-order valence-corrected chi connectivity index (χ4v) is 2.13. The fourth-order valence-electron chi connectivity index (χ4n) is 2.13. The number of nitrogens with one attached hydrogen (secondary N) is 1. The Bertz CT molecular complexity index is 141. The molecule has 2 atom stereocenters. The lowest BCUT2D eigenvalue weighted by Gasteiger charge is -2.12. The molecule has 3 heteroatoms. The van der Waals surface area contributed by atoms with E-state index in [0.29, 0.717) is 19.3 Å². The smallest absolute Gasteiger partial charge is 0.0698 e. The summed E-state index contributed by atoms with van der Waals surface area (Å²) in [6.07, 6.45) is 5.35. The third kappa shape index (κ3) is 4.40. The second kappa shape index (κ2) is 7.21. The maximum atomic E-state index is 8.50. The van der Waals surface area contributed by atoms with Crippen LogP contribution in [0.2, 0.25) is 0 Å². The Morgan fingerprint density at radius 2 is 2.21 bits per heavy atom. The average molecular weight is 201 g/mol. The Hall–Kier alpha value is -0.120. The fraction of sp³-hybridized carbons (Fsp3) is 1.00. The molecule has 0 aromatic heterocycles. The predicted octanol–water partition coefficient (Wildman–Crippen LogP) is 1.16. The normalized spacial score (nSPS) is 27.0. The Morgan fingerprint density at radius 3 is 2.86 bits per heavy atom. The molecule has 0 heterocycles. The number of rotatable bonds is 7. The Labute approximate surface area is 86.8 Å². The highest BCUT2D eigenvalue weighted by Crippen LogP contribution is 2.27. The Balaban J connectivity index is 1.92. The zero-order valence-electron chi connectivity index (χ0n) is 9.17. The van der Waals surface area contributed by atoms with Gasteiger partial charge in [0.15, 0.2) is 0 Å². The molecule has 14 heavy (non-hydrogen) atoms. The van der Waals surface area contributed by atoms with E-state index in [9.17, 15) is 0 Å². The lowest BCUT2D eigenvalue weighted by molar-refractivity contribution is 0.0926. The maximum Gasteiger partial charge on any atom is 0.0698 e. The summed E-state index contributed by atoms with van der Waals surface area (Å²) < 4.78 is 5.18. The summed E-state index contributed by atoms with van der Waals surface area (Å²) in [4.78, 5) is 0. The Morgan fingerprint density at radius 1 is 1.36 bits per heavy atom. The summed E-state index contributed by atoms with van der Waals surface area (Å²) in [5.74, 6) is 0.936. The van der Waals surface area contributed by atoms with E-state index in [1.54, 1.807) is 0 Å². The van der Waals surface area contributed by atoms with Crippen LogP contribution in [0.15, 0.2) is 0 Å². The molecule has 0 bridgehead atoms. The van der Waals surface area contributed by atoms with Gasteiger partial charge >= 0.3 is 0 Å². The van der Waals surface area contributed by atoms with Gasteiger partial charge in [0.1, 0.15) is 0 Å². The molecule has 2 unspecified atom stereocenters. The van der Waals surface area contributed by atoms with Crippen molar-refractivity contribution in [3.8, 4) is 0 Å². The largest absolute Gasteiger partial charge is 0.394 e. The zero-order valence-corrected chi connectivity index (χ0v) is 9.17. The first-order chi connectivity index (χ1) is 6.86. The Kier molecular flexibility index (Phi) is 6.15. The van der Waals surface area contributed by atoms with Gasteiger partial charge < -0.3 is 15.2 Å². The molecule has 1 aliphatic carbocycles. The lowest BCUT2D eigenvalue weighted by Crippen LogP contribution is -2.30. The van der Waals surface area contributed by atoms with E-state index in [-0.39, 0.29) is 6.61 Å². The van der Waals surface area contributed by atoms with E-state index >= 15 is 0 Å². The monoisotopic (exact) mass is 201 g/mol. The zero-order chi connectivity index (χ0) is 10.2. The van der Waals surface area contributed by atoms with E-state index in [1.165, 1.54) is 25.7 Å². The SMILES string of the molecule is CCC1CCC(NCCOCCO)C1. The van der Waals surface area contributed by atoms with Crippen molar-refractivity contribution in [1.82, 2.24) is 5.32 Å². The summed E-state index contributed by atoms with van der Waals surface area (Å²) in [6.45, 7) is 4.50. The molecule has 0 aliphatic heterocycles. The second-order valence-corrected chi connectivity index (χ2v) is 4.07. The summed E-state index contributed by atoms with van der Waals surface area (Å²) in [7, 11) is 0. The molecule has 2 N–H and O–H groups in total. The van der Waals surface area contributed by atoms with Crippen LogP contribution < -0.4 is 5.32 Å². The molecule has 0 saturated heterocycles. The van der Waals surface area contributed by atoms with Crippen LogP contribution in [0.1, 0.15) is 32.6 Å². The molecule has 1 rings (SSSR count). The van der Waals surface area contributed by atoms with Crippen LogP contribution in [0, 0.1) is 5.92 Å². The van der Waals surface area contributed by atoms with Crippen LogP contribution in [0.25, 0.3) is 0 Å². The van der Waals surface area contributed by atoms with Crippen LogP contribution >= 0.6 is 0 Å². The highest BCUT2D eigenvalue weighted by atomic mass is 16.5. The molecular weight excluding hydrogens is 178 g/mol. The minimum Gasteiger partial charge on any atom is -0.394 e. The van der Waals surface area contributed by atoms with Gasteiger partial charge in [0.05, 0.1) is 19.8 Å². The molecule has 0 aromatic carbocycles. The molecule has 1 saturated carbocycles. The van der Waals surface area contributed by atoms with Crippen molar-refractivity contribution in [3.63, 3.8) is 0 Å². The van der Waals surface area contributed by atoms with Crippen LogP contribution in [0.5, 0.6) is 0 Å². The minimum atomic E-state index is 0.126. The average Bonchev–Trinajstić information content (AvgIpc) is 2.65. The topological polar surface area (TPSA) is 41.5 Å². The van der Waals surface area contributed by atoms with Gasteiger partial charge in [-0.25, -0.2) is 0 Å². The van der Waals surface area contributed by atoms with E-state index < -0.39 is 0 Å². The van der Waals surface area contributed by atoms with Crippen molar-refractivity contribution in [2.75, 3.05) is 26.4 Å². The predicted molar refractivity (Wildman–Crippen MR) is 57.3 cm³/mol. The molecule has 84 valence electrons. The molecule has 3 nitrogen and oxygen atoms in total. The number of aliphatic hydroxyl groups is 1. The van der Waals surface area contributed by atoms with Gasteiger partial charge in [-0.05, 0) is 25.2 Å². The highest BCUT2D eigenvalue weighted by molar-refractivity contribution is 4.79. The third-order valence-corrected chi connectivity index (χ3v) is 3.03. The van der Waals surface area contributed by atoms with Gasteiger partial charge in [-0.1, -0.05) is 13.3 Å². The van der Waals surface area contributed by atoms with Gasteiger partial charge in [-0.2, -0.15) is 0 Å². The summed E-state index contributed by atoms with van der Waals surface area (Å²) >= 11 is 0. The first-order valence-electron chi connectivity index (χ1n) is 5.78. The first-order valence-corrected chi connectivity index (χ1v) is 5.78. The van der Waals surface area contributed by atoms with Crippen molar-refractivity contribution in [1.29, 1.82) is 0 Å². The molecule has 0 amide bonds. The quantitative estimate of drug-likeness (QED) is 0.607. The lowest BCUT2D eigenvalue weighted by atomic mass is 10.1. The van der Waals surface area contributed by atoms with Crippen LogP contribution in [0.4, 0.5) is 0 Å². The molecule has 0 aromatic rings. The second-order valence-electron chi connectivity index (χ2n) is 4.07. The standard InChI is InChI=1S/C11H23NO2/c1-2-10-3-4-11(9-10)12-5-7-14-8-6-13/h10-13H,2-9H2,1H3. The number of aliphatic hydroxyl groups excluding tert-OH is 1. The van der Waals surface area contributed by atoms with E-state index in [1.807, 2.05) is 0 Å². The van der Waals surface area contributed by atoms with Crippen LogP contribution in [-0.4, -0.2) is 37.5 Å². The van der Waals surface area contributed by atoms with Crippen LogP contribution in [-0.2, 0) is 4.74 Å². The molecule has 1 fully saturated rings. The van der Waals surface area contributed by atoms with Gasteiger partial charge in [0.25, 0.3) is 0 Å². The van der Waals surface area contributed by atoms with Crippen LogP contribution in [0.3, 0.4) is 0 Å². The molecular formula is C11H23NO2. The van der Waals surface area contributed by atoms with Gasteiger partial charge in [0, 0.05) is 12.6 Å². The van der Waals surface area contributed by atoms with E-state index in [4.69, 9.17) is 9.84 Å². The maximum absolute atomic E-state index is 8.50. The van der Waals surface area contributed by atoms with Crippen molar-refractivity contribution >= 4 is 0 Å². The molecule has 1 aliphatic rings. The van der Waals surface area contributed by atoms with E-state index in [2.05, 4.69) is 12.2 Å². The number of hydrogen-bond acceptors (Lipinski definition) is 3. The summed E-state index contributed by atoms with van der Waals surface area (Å²) in [5, 5.41) is 12.0. The van der Waals surface area contributed by atoms with Crippen molar-refractivity contribution in [2.45, 2.75) is 38.6 Å². The van der Waals surface area contributed by atoms with Gasteiger partial charge in [-0.3, -0.25) is 0 Å². The van der Waals surface area contributed by atoms with Crippen molar-refractivity contribution in [2.24, 2.45) is 5.92 Å². The molecule has 0 radical (unpaired) electrons. The van der Waals surface area contributed by atoms with Gasteiger partial charge in [-0.15, -0.1) is 0 Å². The first kappa shape index (κ1) is 12.0. The third-order valence-electron chi connectivity index (χ3n) is 3.03. The van der Waals surface area contributed by atoms with Gasteiger partial charge in [0.2, 0.25) is 0 Å². The van der Waals surface area contributed by atoms with Crippen molar-refractivity contribution in [3.05, 3.63) is 0 Å². The summed E-state index contributed by atoms with van der Waals surface area (Å²) in [5.41, 5.74) is 0. The number of hydrogen-bond donors (Lipinski definition) is 2. The number of ether oxygens (including phenoxy) is 1.